The van der Waals surface area contributed by atoms with Crippen LogP contribution in [0.3, 0.4) is 0 Å². The van der Waals surface area contributed by atoms with Gasteiger partial charge >= 0.3 is 0 Å². The second kappa shape index (κ2) is 7.76. The number of hydrogen-bond donors (Lipinski definition) is 2. The fourth-order valence-electron chi connectivity index (χ4n) is 3.92. The Balaban J connectivity index is 1.68. The van der Waals surface area contributed by atoms with Crippen LogP contribution in [0, 0.1) is 13.8 Å². The minimum absolute atomic E-state index is 0.850. The van der Waals surface area contributed by atoms with E-state index in [0.717, 1.165) is 60.5 Å². The Hall–Kier alpha value is -3.71. The van der Waals surface area contributed by atoms with E-state index in [4.69, 9.17) is 0 Å². The molecular weight excluding hydrogens is 416 g/mol. The first-order chi connectivity index (χ1) is 15.5. The van der Waals surface area contributed by atoms with Crippen LogP contribution in [0.1, 0.15) is 23.3 Å². The van der Waals surface area contributed by atoms with E-state index < -0.39 is 0 Å². The number of thiophene rings is 1. The molecule has 5 aromatic rings. The Morgan fingerprint density at radius 2 is 2.00 bits per heavy atom. The molecule has 7 heteroatoms. The summed E-state index contributed by atoms with van der Waals surface area (Å²) in [4.78, 5) is 15.0. The molecule has 0 aliphatic heterocycles. The van der Waals surface area contributed by atoms with Gasteiger partial charge in [0.05, 0.1) is 33.5 Å². The van der Waals surface area contributed by atoms with Gasteiger partial charge in [-0.2, -0.15) is 5.10 Å². The zero-order valence-corrected chi connectivity index (χ0v) is 19.3. The highest BCUT2D eigenvalue weighted by Gasteiger charge is 2.14. The molecule has 0 amide bonds. The summed E-state index contributed by atoms with van der Waals surface area (Å²) in [5, 5.41) is 10.8. The van der Waals surface area contributed by atoms with Crippen molar-refractivity contribution in [2.24, 2.45) is 7.05 Å². The van der Waals surface area contributed by atoms with Crippen molar-refractivity contribution in [2.75, 3.05) is 0 Å². The molecule has 0 saturated carbocycles. The number of nitrogens with zero attached hydrogens (tertiary/aromatic N) is 4. The molecule has 32 heavy (non-hydrogen) atoms. The largest absolute Gasteiger partial charge is 0.353 e. The SMILES string of the molecule is C=C(/C=c1/c(-c2cc3c(-c4ccc(C)s4)nccc3[nH]2)n[nH]/c1=C/C)c1cnc(C)n1C. The molecule has 0 bridgehead atoms. The van der Waals surface area contributed by atoms with Crippen molar-refractivity contribution >= 4 is 40.0 Å². The highest BCUT2D eigenvalue weighted by Crippen LogP contribution is 2.33. The van der Waals surface area contributed by atoms with E-state index in [-0.39, 0.29) is 0 Å². The molecule has 0 radical (unpaired) electrons. The molecule has 5 rings (SSSR count). The molecule has 0 saturated heterocycles. The second-order valence-corrected chi connectivity index (χ2v) is 9.11. The summed E-state index contributed by atoms with van der Waals surface area (Å²) < 4.78 is 2.04. The molecule has 0 aliphatic carbocycles. The molecule has 5 aromatic heterocycles. The monoisotopic (exact) mass is 440 g/mol. The van der Waals surface area contributed by atoms with Gasteiger partial charge in [0.2, 0.25) is 0 Å². The van der Waals surface area contributed by atoms with Crippen LogP contribution in [0.25, 0.3) is 50.6 Å². The third-order valence-electron chi connectivity index (χ3n) is 5.77. The third-order valence-corrected chi connectivity index (χ3v) is 6.77. The van der Waals surface area contributed by atoms with E-state index in [1.54, 1.807) is 11.3 Å². The van der Waals surface area contributed by atoms with Crippen LogP contribution in [0.15, 0.2) is 43.2 Å². The number of hydrogen-bond acceptors (Lipinski definition) is 4. The first-order valence-corrected chi connectivity index (χ1v) is 11.2. The van der Waals surface area contributed by atoms with Gasteiger partial charge in [0.15, 0.2) is 0 Å². The number of H-pyrrole nitrogens is 2. The molecule has 2 N–H and O–H groups in total. The number of aryl methyl sites for hydroxylation is 2. The summed E-state index contributed by atoms with van der Waals surface area (Å²) >= 11 is 1.75. The Labute approximate surface area is 189 Å². The van der Waals surface area contributed by atoms with Crippen molar-refractivity contribution in [3.63, 3.8) is 0 Å². The first-order valence-electron chi connectivity index (χ1n) is 10.4. The van der Waals surface area contributed by atoms with Gasteiger partial charge in [-0.05, 0) is 56.7 Å². The zero-order chi connectivity index (χ0) is 22.4. The van der Waals surface area contributed by atoms with Crippen LogP contribution in [-0.4, -0.2) is 29.7 Å². The summed E-state index contributed by atoms with van der Waals surface area (Å²) in [6.45, 7) is 10.4. The molecule has 0 aromatic carbocycles. The van der Waals surface area contributed by atoms with Crippen LogP contribution in [0.4, 0.5) is 0 Å². The molecule has 0 spiro atoms. The van der Waals surface area contributed by atoms with Crippen LogP contribution in [0.5, 0.6) is 0 Å². The smallest absolute Gasteiger partial charge is 0.116 e. The second-order valence-electron chi connectivity index (χ2n) is 7.82. The number of pyridine rings is 1. The average Bonchev–Trinajstić information content (AvgIpc) is 3.55. The molecule has 0 aliphatic rings. The number of rotatable bonds is 4. The number of imidazole rings is 1. The highest BCUT2D eigenvalue weighted by atomic mass is 32.1. The predicted octanol–water partition coefficient (Wildman–Crippen LogP) is 4.33. The van der Waals surface area contributed by atoms with Crippen LogP contribution < -0.4 is 10.6 Å². The Morgan fingerprint density at radius 3 is 2.69 bits per heavy atom. The third kappa shape index (κ3) is 3.31. The van der Waals surface area contributed by atoms with E-state index in [0.29, 0.717) is 0 Å². The summed E-state index contributed by atoms with van der Waals surface area (Å²) in [5.74, 6) is 0.948. The van der Waals surface area contributed by atoms with Crippen molar-refractivity contribution < 1.29 is 0 Å². The molecule has 160 valence electrons. The van der Waals surface area contributed by atoms with E-state index in [1.165, 1.54) is 4.88 Å². The van der Waals surface area contributed by atoms with E-state index in [2.05, 4.69) is 62.9 Å². The van der Waals surface area contributed by atoms with Crippen molar-refractivity contribution in [2.45, 2.75) is 20.8 Å². The Kier molecular flexibility index (Phi) is 4.90. The van der Waals surface area contributed by atoms with Gasteiger partial charge in [-0.25, -0.2) is 4.98 Å². The molecule has 0 unspecified atom stereocenters. The minimum atomic E-state index is 0.850. The maximum atomic E-state index is 4.67. The van der Waals surface area contributed by atoms with Gasteiger partial charge in [-0.1, -0.05) is 12.7 Å². The molecule has 6 nitrogen and oxygen atoms in total. The van der Waals surface area contributed by atoms with Crippen molar-refractivity contribution in [3.8, 4) is 22.0 Å². The fourth-order valence-corrected chi connectivity index (χ4v) is 4.80. The summed E-state index contributed by atoms with van der Waals surface area (Å²) in [7, 11) is 2.00. The van der Waals surface area contributed by atoms with Crippen LogP contribution in [0.2, 0.25) is 0 Å². The number of fused-ring (bicyclic) bond motifs is 1. The van der Waals surface area contributed by atoms with Crippen molar-refractivity contribution in [1.29, 1.82) is 0 Å². The quantitative estimate of drug-likeness (QED) is 0.437. The first kappa shape index (κ1) is 20.2. The molecule has 0 fully saturated rings. The van der Waals surface area contributed by atoms with Crippen molar-refractivity contribution in [1.82, 2.24) is 29.7 Å². The van der Waals surface area contributed by atoms with E-state index in [1.807, 2.05) is 50.0 Å². The van der Waals surface area contributed by atoms with Gasteiger partial charge in [0.25, 0.3) is 0 Å². The van der Waals surface area contributed by atoms with Crippen LogP contribution in [-0.2, 0) is 7.05 Å². The molecule has 5 heterocycles. The summed E-state index contributed by atoms with van der Waals surface area (Å²) in [6.07, 6.45) is 7.79. The Bertz CT molecular complexity index is 1590. The lowest BCUT2D eigenvalue weighted by molar-refractivity contribution is 0.847. The van der Waals surface area contributed by atoms with E-state index >= 15 is 0 Å². The average molecular weight is 441 g/mol. The number of aromatic nitrogens is 6. The van der Waals surface area contributed by atoms with Crippen molar-refractivity contribution in [3.05, 3.63) is 70.2 Å². The van der Waals surface area contributed by atoms with Gasteiger partial charge in [0.1, 0.15) is 11.5 Å². The predicted molar refractivity (Wildman–Crippen MR) is 133 cm³/mol. The fraction of sp³-hybridized carbons (Fsp3) is 0.160. The highest BCUT2D eigenvalue weighted by molar-refractivity contribution is 7.15. The molecule has 0 atom stereocenters. The molecular formula is C25H24N6S. The lowest BCUT2D eigenvalue weighted by atomic mass is 10.1. The van der Waals surface area contributed by atoms with Gasteiger partial charge in [-0.15, -0.1) is 11.3 Å². The minimum Gasteiger partial charge on any atom is -0.353 e. The normalized spacial score (nSPS) is 12.9. The Morgan fingerprint density at radius 1 is 1.16 bits per heavy atom. The zero-order valence-electron chi connectivity index (χ0n) is 18.5. The lowest BCUT2D eigenvalue weighted by Crippen LogP contribution is -2.23. The van der Waals surface area contributed by atoms with E-state index in [9.17, 15) is 0 Å². The van der Waals surface area contributed by atoms with Gasteiger partial charge in [-0.3, -0.25) is 10.1 Å². The maximum Gasteiger partial charge on any atom is 0.116 e. The number of nitrogens with one attached hydrogen (secondary N) is 2. The van der Waals surface area contributed by atoms with Crippen LogP contribution >= 0.6 is 11.3 Å². The number of aromatic amines is 2. The maximum absolute atomic E-state index is 4.67. The van der Waals surface area contributed by atoms with Gasteiger partial charge < -0.3 is 9.55 Å². The standard InChI is InChI=1S/C25H24N6S/c1-6-19-17(11-14(2)22-13-27-16(4)31(22)5)24(30-29-19)21-12-18-20(28-21)9-10-26-25(18)23-8-7-15(3)32-23/h6-13,28-29H,2H2,1,3-5H3/b17-11+,19-6+. The number of allylic oxidation sites excluding steroid dienone is 1. The van der Waals surface area contributed by atoms with Gasteiger partial charge in [0, 0.05) is 34.2 Å². The lowest BCUT2D eigenvalue weighted by Gasteiger charge is -2.02. The summed E-state index contributed by atoms with van der Waals surface area (Å²) in [6, 6.07) is 8.40. The summed E-state index contributed by atoms with van der Waals surface area (Å²) in [5.41, 5.74) is 5.67. The topological polar surface area (TPSA) is 75.2 Å².